The van der Waals surface area contributed by atoms with Crippen molar-refractivity contribution in [3.63, 3.8) is 0 Å². The van der Waals surface area contributed by atoms with Crippen molar-refractivity contribution >= 4 is 17.2 Å². The molecule has 0 fully saturated rings. The molecular formula is C8H11NOS. The standard InChI is InChI=1S/C8H11NOS/c1-6(9-7(2)10)8-3-4-11-5-8/h3-6H,1-2H3,(H,9,10)/t6-/m1/s1. The zero-order chi connectivity index (χ0) is 8.27. The molecule has 0 radical (unpaired) electrons. The van der Waals surface area contributed by atoms with Gasteiger partial charge >= 0.3 is 0 Å². The Morgan fingerprint density at radius 2 is 2.45 bits per heavy atom. The van der Waals surface area contributed by atoms with Crippen LogP contribution in [0, 0.1) is 0 Å². The molecule has 1 rings (SSSR count). The minimum Gasteiger partial charge on any atom is -0.350 e. The maximum atomic E-state index is 10.6. The van der Waals surface area contributed by atoms with Crippen LogP contribution in [0.1, 0.15) is 25.5 Å². The van der Waals surface area contributed by atoms with Gasteiger partial charge in [0.25, 0.3) is 0 Å². The minimum atomic E-state index is 0.0173. The van der Waals surface area contributed by atoms with Crippen LogP contribution in [0.15, 0.2) is 16.8 Å². The highest BCUT2D eigenvalue weighted by Crippen LogP contribution is 2.14. The molecule has 1 aromatic rings. The first-order valence-corrected chi connectivity index (χ1v) is 4.43. The summed E-state index contributed by atoms with van der Waals surface area (Å²) in [5.74, 6) is 0.0173. The van der Waals surface area contributed by atoms with Crippen molar-refractivity contribution < 1.29 is 4.79 Å². The van der Waals surface area contributed by atoms with Crippen LogP contribution in [-0.4, -0.2) is 5.91 Å². The molecule has 1 atom stereocenters. The van der Waals surface area contributed by atoms with Gasteiger partial charge < -0.3 is 5.32 Å². The number of amides is 1. The summed E-state index contributed by atoms with van der Waals surface area (Å²) >= 11 is 1.64. The van der Waals surface area contributed by atoms with E-state index in [1.165, 1.54) is 12.5 Å². The maximum Gasteiger partial charge on any atom is 0.217 e. The van der Waals surface area contributed by atoms with Crippen LogP contribution >= 0.6 is 11.3 Å². The van der Waals surface area contributed by atoms with E-state index in [2.05, 4.69) is 5.32 Å². The van der Waals surface area contributed by atoms with Crippen molar-refractivity contribution in [2.75, 3.05) is 0 Å². The summed E-state index contributed by atoms with van der Waals surface area (Å²) < 4.78 is 0. The van der Waals surface area contributed by atoms with Crippen molar-refractivity contribution in [2.24, 2.45) is 0 Å². The summed E-state index contributed by atoms with van der Waals surface area (Å²) in [6.45, 7) is 3.51. The highest BCUT2D eigenvalue weighted by molar-refractivity contribution is 7.07. The van der Waals surface area contributed by atoms with E-state index in [0.717, 1.165) is 0 Å². The van der Waals surface area contributed by atoms with Crippen LogP contribution in [0.25, 0.3) is 0 Å². The Kier molecular flexibility index (Phi) is 2.65. The lowest BCUT2D eigenvalue weighted by molar-refractivity contribution is -0.119. The smallest absolute Gasteiger partial charge is 0.217 e. The van der Waals surface area contributed by atoms with E-state index in [1.807, 2.05) is 23.8 Å². The van der Waals surface area contributed by atoms with Gasteiger partial charge in [0.15, 0.2) is 0 Å². The topological polar surface area (TPSA) is 29.1 Å². The average molecular weight is 169 g/mol. The predicted octanol–water partition coefficient (Wildman–Crippen LogP) is 1.95. The predicted molar refractivity (Wildman–Crippen MR) is 46.6 cm³/mol. The maximum absolute atomic E-state index is 10.6. The van der Waals surface area contributed by atoms with E-state index in [1.54, 1.807) is 11.3 Å². The fraction of sp³-hybridized carbons (Fsp3) is 0.375. The number of hydrogen-bond acceptors (Lipinski definition) is 2. The highest BCUT2D eigenvalue weighted by Gasteiger charge is 2.05. The number of thiophene rings is 1. The van der Waals surface area contributed by atoms with E-state index >= 15 is 0 Å². The van der Waals surface area contributed by atoms with Crippen LogP contribution in [0.2, 0.25) is 0 Å². The van der Waals surface area contributed by atoms with E-state index in [0.29, 0.717) is 0 Å². The van der Waals surface area contributed by atoms with Crippen LogP contribution in [0.4, 0.5) is 0 Å². The lowest BCUT2D eigenvalue weighted by Crippen LogP contribution is -2.23. The van der Waals surface area contributed by atoms with Gasteiger partial charge in [-0.1, -0.05) is 0 Å². The van der Waals surface area contributed by atoms with Gasteiger partial charge in [-0.25, -0.2) is 0 Å². The van der Waals surface area contributed by atoms with Gasteiger partial charge in [0.2, 0.25) is 5.91 Å². The van der Waals surface area contributed by atoms with Crippen LogP contribution in [0.3, 0.4) is 0 Å². The molecule has 3 heteroatoms. The van der Waals surface area contributed by atoms with Crippen molar-refractivity contribution in [2.45, 2.75) is 19.9 Å². The van der Waals surface area contributed by atoms with Gasteiger partial charge in [-0.05, 0) is 29.3 Å². The van der Waals surface area contributed by atoms with E-state index in [9.17, 15) is 4.79 Å². The number of hydrogen-bond donors (Lipinski definition) is 1. The molecule has 0 aromatic carbocycles. The molecule has 0 saturated heterocycles. The molecule has 1 heterocycles. The molecular weight excluding hydrogens is 158 g/mol. The monoisotopic (exact) mass is 169 g/mol. The molecule has 1 aromatic heterocycles. The molecule has 0 aliphatic heterocycles. The fourth-order valence-corrected chi connectivity index (χ4v) is 1.66. The molecule has 0 bridgehead atoms. The molecule has 11 heavy (non-hydrogen) atoms. The molecule has 60 valence electrons. The normalized spacial score (nSPS) is 12.5. The number of nitrogens with one attached hydrogen (secondary N) is 1. The first-order chi connectivity index (χ1) is 5.20. The van der Waals surface area contributed by atoms with E-state index in [-0.39, 0.29) is 11.9 Å². The third kappa shape index (κ3) is 2.35. The average Bonchev–Trinajstić information content (AvgIpc) is 2.35. The second-order valence-electron chi connectivity index (χ2n) is 2.48. The summed E-state index contributed by atoms with van der Waals surface area (Å²) in [4.78, 5) is 10.6. The zero-order valence-electron chi connectivity index (χ0n) is 6.63. The summed E-state index contributed by atoms with van der Waals surface area (Å²) in [6, 6.07) is 2.16. The Morgan fingerprint density at radius 1 is 1.73 bits per heavy atom. The molecule has 0 unspecified atom stereocenters. The molecule has 2 nitrogen and oxygen atoms in total. The minimum absolute atomic E-state index is 0.0173. The van der Waals surface area contributed by atoms with Crippen LogP contribution in [-0.2, 0) is 4.79 Å². The van der Waals surface area contributed by atoms with E-state index < -0.39 is 0 Å². The number of carbonyl (C=O) groups is 1. The van der Waals surface area contributed by atoms with Crippen LogP contribution < -0.4 is 5.32 Å². The molecule has 0 spiro atoms. The Hall–Kier alpha value is -0.830. The quantitative estimate of drug-likeness (QED) is 0.720. The summed E-state index contributed by atoms with van der Waals surface area (Å²) in [5, 5.41) is 6.86. The zero-order valence-corrected chi connectivity index (χ0v) is 7.44. The van der Waals surface area contributed by atoms with Gasteiger partial charge in [-0.15, -0.1) is 0 Å². The Labute approximate surface area is 70.2 Å². The fourth-order valence-electron chi connectivity index (χ4n) is 0.910. The number of rotatable bonds is 2. The Balaban J connectivity index is 2.56. The lowest BCUT2D eigenvalue weighted by atomic mass is 10.2. The Morgan fingerprint density at radius 3 is 2.91 bits per heavy atom. The Bertz CT molecular complexity index is 230. The largest absolute Gasteiger partial charge is 0.350 e. The molecule has 1 amide bonds. The van der Waals surface area contributed by atoms with Crippen LogP contribution in [0.5, 0.6) is 0 Å². The van der Waals surface area contributed by atoms with Crippen molar-refractivity contribution in [1.82, 2.24) is 5.32 Å². The van der Waals surface area contributed by atoms with Crippen molar-refractivity contribution in [3.8, 4) is 0 Å². The lowest BCUT2D eigenvalue weighted by Gasteiger charge is -2.09. The summed E-state index contributed by atoms with van der Waals surface area (Å²) in [6.07, 6.45) is 0. The molecule has 1 N–H and O–H groups in total. The summed E-state index contributed by atoms with van der Waals surface area (Å²) in [7, 11) is 0. The van der Waals surface area contributed by atoms with Crippen molar-refractivity contribution in [1.29, 1.82) is 0 Å². The van der Waals surface area contributed by atoms with Gasteiger partial charge in [0.1, 0.15) is 0 Å². The number of carbonyl (C=O) groups excluding carboxylic acids is 1. The summed E-state index contributed by atoms with van der Waals surface area (Å²) in [5.41, 5.74) is 1.17. The second kappa shape index (κ2) is 3.53. The molecule has 0 aliphatic rings. The molecule has 0 aliphatic carbocycles. The third-order valence-corrected chi connectivity index (χ3v) is 2.16. The first kappa shape index (κ1) is 8.27. The van der Waals surface area contributed by atoms with Gasteiger partial charge in [-0.3, -0.25) is 4.79 Å². The first-order valence-electron chi connectivity index (χ1n) is 3.49. The van der Waals surface area contributed by atoms with E-state index in [4.69, 9.17) is 0 Å². The van der Waals surface area contributed by atoms with Gasteiger partial charge in [0.05, 0.1) is 6.04 Å². The third-order valence-electron chi connectivity index (χ3n) is 1.46. The highest BCUT2D eigenvalue weighted by atomic mass is 32.1. The van der Waals surface area contributed by atoms with Crippen molar-refractivity contribution in [3.05, 3.63) is 22.4 Å². The second-order valence-corrected chi connectivity index (χ2v) is 3.26. The SMILES string of the molecule is CC(=O)N[C@H](C)c1ccsc1. The molecule has 0 saturated carbocycles. The van der Waals surface area contributed by atoms with Gasteiger partial charge in [-0.2, -0.15) is 11.3 Å². The van der Waals surface area contributed by atoms with Gasteiger partial charge in [0, 0.05) is 6.92 Å².